The third kappa shape index (κ3) is 3.23. The highest BCUT2D eigenvalue weighted by Crippen LogP contribution is 2.23. The Labute approximate surface area is 161 Å². The van der Waals surface area contributed by atoms with E-state index in [9.17, 15) is 9.59 Å². The molecule has 0 unspecified atom stereocenters. The van der Waals surface area contributed by atoms with Crippen molar-refractivity contribution in [3.8, 4) is 11.4 Å². The van der Waals surface area contributed by atoms with Gasteiger partial charge in [0.25, 0.3) is 0 Å². The van der Waals surface area contributed by atoms with E-state index in [1.165, 1.54) is 4.57 Å². The number of rotatable bonds is 4. The Morgan fingerprint density at radius 2 is 2.00 bits per heavy atom. The molecule has 2 aromatic heterocycles. The number of hydrogen-bond donors (Lipinski definition) is 1. The molecule has 0 aliphatic rings. The summed E-state index contributed by atoms with van der Waals surface area (Å²) in [4.78, 5) is 30.9. The van der Waals surface area contributed by atoms with Crippen LogP contribution in [0.2, 0.25) is 0 Å². The molecule has 0 saturated heterocycles. The van der Waals surface area contributed by atoms with Crippen molar-refractivity contribution < 1.29 is 4.52 Å². The topological polar surface area (TPSA) is 93.8 Å². The normalized spacial score (nSPS) is 11.2. The molecule has 0 amide bonds. The molecule has 1 N–H and O–H groups in total. The van der Waals surface area contributed by atoms with Gasteiger partial charge in [-0.05, 0) is 36.8 Å². The van der Waals surface area contributed by atoms with E-state index in [2.05, 4.69) is 31.1 Å². The maximum Gasteiger partial charge on any atom is 0.316 e. The van der Waals surface area contributed by atoms with Crippen molar-refractivity contribution in [1.82, 2.24) is 19.7 Å². The molecule has 0 radical (unpaired) electrons. The predicted molar refractivity (Wildman–Crippen MR) is 105 cm³/mol. The van der Waals surface area contributed by atoms with E-state index in [-0.39, 0.29) is 0 Å². The summed E-state index contributed by atoms with van der Waals surface area (Å²) < 4.78 is 7.78. The summed E-state index contributed by atoms with van der Waals surface area (Å²) in [6.07, 6.45) is 0.508. The summed E-state index contributed by atoms with van der Waals surface area (Å²) in [7, 11) is 0. The molecule has 2 heterocycles. The van der Waals surface area contributed by atoms with Gasteiger partial charge in [-0.2, -0.15) is 4.98 Å². The lowest BCUT2D eigenvalue weighted by molar-refractivity contribution is 0.385. The zero-order valence-corrected chi connectivity index (χ0v) is 16.0. The fourth-order valence-corrected chi connectivity index (χ4v) is 3.41. The Hall–Kier alpha value is -3.00. The highest BCUT2D eigenvalue weighted by atomic mass is 79.9. The van der Waals surface area contributed by atoms with E-state index in [1.807, 2.05) is 31.2 Å². The van der Waals surface area contributed by atoms with Gasteiger partial charge >= 0.3 is 11.1 Å². The van der Waals surface area contributed by atoms with Gasteiger partial charge in [-0.1, -0.05) is 39.3 Å². The molecule has 0 atom stereocenters. The summed E-state index contributed by atoms with van der Waals surface area (Å²) in [5.74, 6) is 0.915. The number of benzene rings is 2. The molecule has 0 bridgehead atoms. The van der Waals surface area contributed by atoms with Gasteiger partial charge in [0.2, 0.25) is 11.7 Å². The molecule has 0 aliphatic carbocycles. The minimum absolute atomic E-state index is 0.414. The van der Waals surface area contributed by atoms with Crippen molar-refractivity contribution in [2.75, 3.05) is 0 Å². The maximum atomic E-state index is 11.9. The number of fused-ring (bicyclic) bond motifs is 1. The highest BCUT2D eigenvalue weighted by molar-refractivity contribution is 9.10. The summed E-state index contributed by atoms with van der Waals surface area (Å²) in [5.41, 5.74) is 1.74. The molecule has 0 saturated carbocycles. The Morgan fingerprint density at radius 3 is 2.78 bits per heavy atom. The van der Waals surface area contributed by atoms with Gasteiger partial charge in [0.1, 0.15) is 0 Å². The number of nitrogens with one attached hydrogen (secondary N) is 1. The first-order valence-electron chi connectivity index (χ1n) is 8.40. The lowest BCUT2D eigenvalue weighted by atomic mass is 10.1. The van der Waals surface area contributed by atoms with Crippen LogP contribution in [0.3, 0.4) is 0 Å². The fraction of sp³-hybridized carbons (Fsp3) is 0.158. The van der Waals surface area contributed by atoms with Crippen LogP contribution in [-0.4, -0.2) is 19.7 Å². The van der Waals surface area contributed by atoms with Gasteiger partial charge < -0.3 is 14.1 Å². The zero-order valence-electron chi connectivity index (χ0n) is 14.4. The van der Waals surface area contributed by atoms with E-state index >= 15 is 0 Å². The summed E-state index contributed by atoms with van der Waals surface area (Å²) in [5, 5.41) is 4.04. The first kappa shape index (κ1) is 17.4. The molecule has 0 fully saturated rings. The molecule has 0 aliphatic heterocycles. The van der Waals surface area contributed by atoms with Gasteiger partial charge in [-0.25, -0.2) is 0 Å². The van der Waals surface area contributed by atoms with Crippen molar-refractivity contribution in [3.63, 3.8) is 0 Å². The van der Waals surface area contributed by atoms with Crippen LogP contribution in [0.25, 0.3) is 22.4 Å². The quantitative estimate of drug-likeness (QED) is 0.505. The summed E-state index contributed by atoms with van der Waals surface area (Å²) in [6.45, 7) is 2.23. The van der Waals surface area contributed by atoms with Crippen LogP contribution in [0.1, 0.15) is 18.4 Å². The minimum atomic E-state index is -0.649. The van der Waals surface area contributed by atoms with Gasteiger partial charge in [0, 0.05) is 16.6 Å². The number of halogens is 1. The Kier molecular flexibility index (Phi) is 4.49. The van der Waals surface area contributed by atoms with Gasteiger partial charge in [-0.15, -0.1) is 0 Å². The van der Waals surface area contributed by atoms with Crippen LogP contribution < -0.4 is 11.1 Å². The predicted octanol–water partition coefficient (Wildman–Crippen LogP) is 3.11. The van der Waals surface area contributed by atoms with E-state index < -0.39 is 11.1 Å². The van der Waals surface area contributed by atoms with Crippen molar-refractivity contribution >= 4 is 27.0 Å². The summed E-state index contributed by atoms with van der Waals surface area (Å²) >= 11 is 3.51. The number of H-pyrrole nitrogens is 1. The van der Waals surface area contributed by atoms with Crippen LogP contribution in [0.15, 0.2) is 61.0 Å². The van der Waals surface area contributed by atoms with Gasteiger partial charge in [0.15, 0.2) is 0 Å². The van der Waals surface area contributed by atoms with Crippen LogP contribution in [0.5, 0.6) is 0 Å². The Morgan fingerprint density at radius 1 is 1.19 bits per heavy atom. The van der Waals surface area contributed by atoms with E-state index in [0.29, 0.717) is 41.3 Å². The molecule has 4 aromatic rings. The molecular weight excluding hydrogens is 412 g/mol. The van der Waals surface area contributed by atoms with Crippen molar-refractivity contribution in [3.05, 3.63) is 79.1 Å². The van der Waals surface area contributed by atoms with Crippen molar-refractivity contribution in [2.24, 2.45) is 0 Å². The second-order valence-electron chi connectivity index (χ2n) is 6.02. The highest BCUT2D eigenvalue weighted by Gasteiger charge is 2.13. The van der Waals surface area contributed by atoms with Crippen LogP contribution in [0, 0.1) is 0 Å². The molecule has 27 heavy (non-hydrogen) atoms. The number of hydrogen-bond acceptors (Lipinski definition) is 5. The van der Waals surface area contributed by atoms with Crippen LogP contribution >= 0.6 is 15.9 Å². The molecule has 0 spiro atoms. The first-order chi connectivity index (χ1) is 13.1. The SMILES string of the molecule is CCn1c(=O)c(=O)[nH]c2cc(-c3noc(Cc4ccccc4Br)n3)ccc21. The minimum Gasteiger partial charge on any atom is -0.339 e. The van der Waals surface area contributed by atoms with Gasteiger partial charge in [-0.3, -0.25) is 9.59 Å². The molecule has 2 aromatic carbocycles. The summed E-state index contributed by atoms with van der Waals surface area (Å²) in [6, 6.07) is 13.2. The number of nitrogens with zero attached hydrogens (tertiary/aromatic N) is 3. The van der Waals surface area contributed by atoms with Crippen LogP contribution in [-0.2, 0) is 13.0 Å². The van der Waals surface area contributed by atoms with E-state index in [4.69, 9.17) is 4.52 Å². The number of aromatic nitrogens is 4. The third-order valence-electron chi connectivity index (χ3n) is 4.32. The lowest BCUT2D eigenvalue weighted by Gasteiger charge is -2.07. The molecule has 7 nitrogen and oxygen atoms in total. The van der Waals surface area contributed by atoms with E-state index in [1.54, 1.807) is 18.2 Å². The molecule has 4 rings (SSSR count). The lowest BCUT2D eigenvalue weighted by Crippen LogP contribution is -2.35. The first-order valence-corrected chi connectivity index (χ1v) is 9.19. The molecule has 8 heteroatoms. The van der Waals surface area contributed by atoms with E-state index in [0.717, 1.165) is 10.0 Å². The van der Waals surface area contributed by atoms with Gasteiger partial charge in [0.05, 0.1) is 17.5 Å². The second-order valence-corrected chi connectivity index (χ2v) is 6.87. The standard InChI is InChI=1S/C19H15BrN4O3/c1-2-24-15-8-7-12(9-14(15)21-18(25)19(24)26)17-22-16(27-23-17)10-11-5-3-4-6-13(11)20/h3-9H,2,10H2,1H3,(H,21,25). The zero-order chi connectivity index (χ0) is 19.0. The number of aryl methyl sites for hydroxylation is 1. The Balaban J connectivity index is 1.72. The average Bonchev–Trinajstić information content (AvgIpc) is 3.13. The Bertz CT molecular complexity index is 1260. The largest absolute Gasteiger partial charge is 0.339 e. The fourth-order valence-electron chi connectivity index (χ4n) is 2.98. The third-order valence-corrected chi connectivity index (χ3v) is 5.09. The maximum absolute atomic E-state index is 11.9. The second kappa shape index (κ2) is 6.96. The monoisotopic (exact) mass is 426 g/mol. The van der Waals surface area contributed by atoms with Crippen molar-refractivity contribution in [2.45, 2.75) is 19.9 Å². The van der Waals surface area contributed by atoms with Crippen molar-refractivity contribution in [1.29, 1.82) is 0 Å². The number of aromatic amines is 1. The average molecular weight is 427 g/mol. The smallest absolute Gasteiger partial charge is 0.316 e. The van der Waals surface area contributed by atoms with Crippen LogP contribution in [0.4, 0.5) is 0 Å². The molecular formula is C19H15BrN4O3. The molecule has 136 valence electrons.